The van der Waals surface area contributed by atoms with Crippen LogP contribution in [0.3, 0.4) is 0 Å². The average molecular weight is 250 g/mol. The van der Waals surface area contributed by atoms with Gasteiger partial charge in [-0.2, -0.15) is 0 Å². The summed E-state index contributed by atoms with van der Waals surface area (Å²) >= 11 is 0. The van der Waals surface area contributed by atoms with Gasteiger partial charge in [-0.15, -0.1) is 0 Å². The van der Waals surface area contributed by atoms with E-state index in [2.05, 4.69) is 35.3 Å². The van der Waals surface area contributed by atoms with E-state index in [1.807, 2.05) is 19.9 Å². The molecule has 1 aliphatic heterocycles. The van der Waals surface area contributed by atoms with Crippen LogP contribution in [-0.4, -0.2) is 19.5 Å². The zero-order valence-corrected chi connectivity index (χ0v) is 11.8. The van der Waals surface area contributed by atoms with Crippen molar-refractivity contribution in [2.45, 2.75) is 39.0 Å². The van der Waals surface area contributed by atoms with E-state index in [-0.39, 0.29) is 5.91 Å². The third-order valence-electron chi connectivity index (χ3n) is 2.81. The smallest absolute Gasteiger partial charge is 0.220 e. The second-order valence-corrected chi connectivity index (χ2v) is 3.78. The van der Waals surface area contributed by atoms with Crippen LogP contribution < -0.4 is 11.1 Å². The highest BCUT2D eigenvalue weighted by Crippen LogP contribution is 2.25. The molecular weight excluding hydrogens is 224 g/mol. The molecule has 0 spiro atoms. The van der Waals surface area contributed by atoms with Crippen molar-refractivity contribution < 1.29 is 4.79 Å². The van der Waals surface area contributed by atoms with Crippen LogP contribution in [0.25, 0.3) is 0 Å². The van der Waals surface area contributed by atoms with Gasteiger partial charge in [0.25, 0.3) is 0 Å². The first-order chi connectivity index (χ1) is 8.86. The molecule has 0 bridgehead atoms. The lowest BCUT2D eigenvalue weighted by molar-refractivity contribution is -0.120. The fraction of sp³-hybridized carbons (Fsp3) is 0.533. The molecule has 1 aromatic rings. The maximum absolute atomic E-state index is 11.1. The normalized spacial score (nSPS) is 18.2. The number of nitrogens with two attached hydrogens (primary N) is 1. The van der Waals surface area contributed by atoms with Gasteiger partial charge in [-0.05, 0) is 31.4 Å². The van der Waals surface area contributed by atoms with E-state index in [0.29, 0.717) is 12.3 Å². The maximum Gasteiger partial charge on any atom is 0.220 e. The number of carbonyl (C=O) groups excluding carboxylic acids is 1. The summed E-state index contributed by atoms with van der Waals surface area (Å²) in [5.41, 5.74) is 5.86. The Kier molecular flexibility index (Phi) is 9.97. The second kappa shape index (κ2) is 10.8. The van der Waals surface area contributed by atoms with Crippen molar-refractivity contribution in [1.29, 1.82) is 0 Å². The molecule has 3 heteroatoms. The van der Waals surface area contributed by atoms with Crippen LogP contribution in [0.15, 0.2) is 30.3 Å². The molecule has 1 atom stereocenters. The average Bonchev–Trinajstić information content (AvgIpc) is 2.69. The minimum atomic E-state index is 0.198. The van der Waals surface area contributed by atoms with Gasteiger partial charge in [0.2, 0.25) is 5.91 Å². The number of rotatable bonds is 1. The van der Waals surface area contributed by atoms with E-state index in [0.717, 1.165) is 19.4 Å². The zero-order chi connectivity index (χ0) is 13.8. The van der Waals surface area contributed by atoms with Gasteiger partial charge in [0, 0.05) is 13.0 Å². The summed E-state index contributed by atoms with van der Waals surface area (Å²) in [5.74, 6) is 0.749. The Morgan fingerprint density at radius 1 is 1.11 bits per heavy atom. The van der Waals surface area contributed by atoms with Crippen LogP contribution in [0, 0.1) is 0 Å². The van der Waals surface area contributed by atoms with Crippen molar-refractivity contribution in [3.63, 3.8) is 0 Å². The number of benzene rings is 1. The van der Waals surface area contributed by atoms with Crippen LogP contribution in [0.4, 0.5) is 0 Å². The molecule has 0 saturated carbocycles. The third-order valence-corrected chi connectivity index (χ3v) is 2.81. The predicted octanol–water partition coefficient (Wildman–Crippen LogP) is 2.67. The van der Waals surface area contributed by atoms with Crippen LogP contribution in [0.1, 0.15) is 44.6 Å². The summed E-state index contributed by atoms with van der Waals surface area (Å²) in [6.45, 7) is 4.82. The van der Waals surface area contributed by atoms with Gasteiger partial charge in [-0.3, -0.25) is 4.79 Å². The highest BCUT2D eigenvalue weighted by molar-refractivity contribution is 5.76. The highest BCUT2D eigenvalue weighted by Gasteiger charge is 2.16. The fourth-order valence-corrected chi connectivity index (χ4v) is 1.98. The van der Waals surface area contributed by atoms with Crippen LogP contribution in [0.5, 0.6) is 0 Å². The summed E-state index contributed by atoms with van der Waals surface area (Å²) in [5, 5.41) is 2.91. The molecule has 2 rings (SSSR count). The van der Waals surface area contributed by atoms with Crippen molar-refractivity contribution >= 4 is 5.91 Å². The Labute approximate surface area is 111 Å². The summed E-state index contributed by atoms with van der Waals surface area (Å²) in [4.78, 5) is 11.1. The van der Waals surface area contributed by atoms with Gasteiger partial charge in [0.1, 0.15) is 0 Å². The standard InChI is InChI=1S/C12H15NO.C2H6.CH5N/c14-12-7-6-11(8-9-13-12)10-4-2-1-3-5-10;2*1-2/h1-5,11H,6-9H2,(H,13,14);1-2H3;2H2,1H3. The highest BCUT2D eigenvalue weighted by atomic mass is 16.1. The SMILES string of the molecule is CC.CN.O=C1CCC(c2ccccc2)CCN1. The fourth-order valence-electron chi connectivity index (χ4n) is 1.98. The van der Waals surface area contributed by atoms with Crippen molar-refractivity contribution in [2.24, 2.45) is 5.73 Å². The van der Waals surface area contributed by atoms with Crippen LogP contribution in [-0.2, 0) is 4.79 Å². The monoisotopic (exact) mass is 250 g/mol. The largest absolute Gasteiger partial charge is 0.356 e. The van der Waals surface area contributed by atoms with Gasteiger partial charge in [0.15, 0.2) is 0 Å². The van der Waals surface area contributed by atoms with Gasteiger partial charge in [-0.1, -0.05) is 44.2 Å². The van der Waals surface area contributed by atoms with Crippen molar-refractivity contribution in [2.75, 3.05) is 13.6 Å². The quantitative estimate of drug-likeness (QED) is 0.805. The second-order valence-electron chi connectivity index (χ2n) is 3.78. The molecule has 3 N–H and O–H groups in total. The van der Waals surface area contributed by atoms with E-state index in [1.165, 1.54) is 12.6 Å². The number of carbonyl (C=O) groups is 1. The molecule has 1 amide bonds. The molecule has 1 heterocycles. The first-order valence-corrected chi connectivity index (χ1v) is 6.75. The van der Waals surface area contributed by atoms with Gasteiger partial charge in [0.05, 0.1) is 0 Å². The van der Waals surface area contributed by atoms with Crippen molar-refractivity contribution in [1.82, 2.24) is 5.32 Å². The Morgan fingerprint density at radius 3 is 2.33 bits per heavy atom. The lowest BCUT2D eigenvalue weighted by atomic mass is 9.92. The Hall–Kier alpha value is -1.35. The number of hydrogen-bond acceptors (Lipinski definition) is 2. The molecule has 0 radical (unpaired) electrons. The van der Waals surface area contributed by atoms with E-state index < -0.39 is 0 Å². The molecule has 1 aliphatic rings. The molecule has 3 nitrogen and oxygen atoms in total. The predicted molar refractivity (Wildman–Crippen MR) is 77.5 cm³/mol. The van der Waals surface area contributed by atoms with Crippen LogP contribution >= 0.6 is 0 Å². The van der Waals surface area contributed by atoms with E-state index in [9.17, 15) is 4.79 Å². The van der Waals surface area contributed by atoms with Crippen molar-refractivity contribution in [3.05, 3.63) is 35.9 Å². The minimum absolute atomic E-state index is 0.198. The molecule has 0 aromatic heterocycles. The molecule has 102 valence electrons. The maximum atomic E-state index is 11.1. The minimum Gasteiger partial charge on any atom is -0.356 e. The van der Waals surface area contributed by atoms with Crippen molar-refractivity contribution in [3.8, 4) is 0 Å². The molecule has 1 fully saturated rings. The van der Waals surface area contributed by atoms with Gasteiger partial charge < -0.3 is 11.1 Å². The van der Waals surface area contributed by atoms with E-state index >= 15 is 0 Å². The van der Waals surface area contributed by atoms with Gasteiger partial charge in [-0.25, -0.2) is 0 Å². The summed E-state index contributed by atoms with van der Waals surface area (Å²) < 4.78 is 0. The molecule has 18 heavy (non-hydrogen) atoms. The summed E-state index contributed by atoms with van der Waals surface area (Å²) in [6, 6.07) is 10.5. The molecule has 0 aliphatic carbocycles. The van der Waals surface area contributed by atoms with Gasteiger partial charge >= 0.3 is 0 Å². The Bertz CT molecular complexity index is 312. The van der Waals surface area contributed by atoms with Crippen LogP contribution in [0.2, 0.25) is 0 Å². The number of amides is 1. The molecule has 1 aromatic carbocycles. The van der Waals surface area contributed by atoms with E-state index in [4.69, 9.17) is 0 Å². The molecule has 1 unspecified atom stereocenters. The number of nitrogens with one attached hydrogen (secondary N) is 1. The molecule has 1 saturated heterocycles. The number of hydrogen-bond donors (Lipinski definition) is 2. The Balaban J connectivity index is 0.000000659. The first kappa shape index (κ1) is 16.6. The Morgan fingerprint density at radius 2 is 1.72 bits per heavy atom. The summed E-state index contributed by atoms with van der Waals surface area (Å²) in [7, 11) is 1.50. The lowest BCUT2D eigenvalue weighted by Crippen LogP contribution is -2.21. The third kappa shape index (κ3) is 5.82. The summed E-state index contributed by atoms with van der Waals surface area (Å²) in [6.07, 6.45) is 2.71. The topological polar surface area (TPSA) is 55.1 Å². The zero-order valence-electron chi connectivity index (χ0n) is 11.8. The van der Waals surface area contributed by atoms with E-state index in [1.54, 1.807) is 0 Å². The lowest BCUT2D eigenvalue weighted by Gasteiger charge is -2.12. The first-order valence-electron chi connectivity index (χ1n) is 6.75. The molecular formula is C15H26N2O.